The standard InChI is InChI=1S/C9H8N2O/c1-8(12)9(7-10)11-5-3-2-4-6-11/h2-6H,1H3. The number of nitrogens with zero attached hydrogens (tertiary/aromatic N) is 2. The van der Waals surface area contributed by atoms with Gasteiger partial charge in [0.2, 0.25) is 5.78 Å². The van der Waals surface area contributed by atoms with E-state index in [1.165, 1.54) is 11.5 Å². The Morgan fingerprint density at radius 2 is 1.92 bits per heavy atom. The fourth-order valence-electron chi connectivity index (χ4n) is 0.866. The third kappa shape index (κ3) is 1.65. The van der Waals surface area contributed by atoms with E-state index in [1.807, 2.05) is 11.9 Å². The first-order valence-corrected chi connectivity index (χ1v) is 3.50. The van der Waals surface area contributed by atoms with Crippen molar-refractivity contribution in [3.05, 3.63) is 36.0 Å². The van der Waals surface area contributed by atoms with Crippen molar-refractivity contribution >= 4 is 17.4 Å². The molecule has 0 aliphatic carbocycles. The largest absolute Gasteiger partial charge is 0.758 e. The summed E-state index contributed by atoms with van der Waals surface area (Å²) in [4.78, 5) is 10.9. The molecule has 12 heavy (non-hydrogen) atoms. The number of aromatic nitrogens is 1. The molecule has 3 nitrogen and oxygen atoms in total. The Balaban J connectivity index is 3.14. The van der Waals surface area contributed by atoms with E-state index >= 15 is 0 Å². The van der Waals surface area contributed by atoms with Crippen LogP contribution in [-0.4, -0.2) is 11.7 Å². The molecule has 1 aromatic heterocycles. The highest BCUT2D eigenvalue weighted by molar-refractivity contribution is 6.19. The first-order chi connectivity index (χ1) is 5.75. The van der Waals surface area contributed by atoms with Crippen LogP contribution in [-0.2, 0) is 4.79 Å². The van der Waals surface area contributed by atoms with E-state index < -0.39 is 0 Å². The summed E-state index contributed by atoms with van der Waals surface area (Å²) in [7, 11) is 0. The van der Waals surface area contributed by atoms with Crippen LogP contribution in [0.5, 0.6) is 0 Å². The monoisotopic (exact) mass is 160 g/mol. The van der Waals surface area contributed by atoms with E-state index in [2.05, 4.69) is 0 Å². The molecule has 0 atom stereocenters. The summed E-state index contributed by atoms with van der Waals surface area (Å²) in [6, 6.07) is 5.35. The number of allylic oxidation sites excluding steroid dienone is 1. The minimum atomic E-state index is -0.228. The molecule has 0 unspecified atom stereocenters. The third-order valence-corrected chi connectivity index (χ3v) is 1.41. The highest BCUT2D eigenvalue weighted by Gasteiger charge is 2.10. The van der Waals surface area contributed by atoms with Gasteiger partial charge in [0, 0.05) is 19.1 Å². The summed E-state index contributed by atoms with van der Waals surface area (Å²) < 4.78 is 1.50. The molecule has 0 aromatic carbocycles. The second-order valence-corrected chi connectivity index (χ2v) is 2.30. The SMILES string of the molecule is CC(=O)C(=C=[N-])[n+]1ccccc1. The molecule has 0 aliphatic rings. The van der Waals surface area contributed by atoms with Crippen molar-refractivity contribution in [2.45, 2.75) is 6.92 Å². The van der Waals surface area contributed by atoms with Crippen molar-refractivity contribution in [3.8, 4) is 0 Å². The minimum Gasteiger partial charge on any atom is -0.758 e. The van der Waals surface area contributed by atoms with Crippen LogP contribution in [0, 0.1) is 0 Å². The number of rotatable bonds is 2. The van der Waals surface area contributed by atoms with Gasteiger partial charge in [0.1, 0.15) is 0 Å². The predicted molar refractivity (Wildman–Crippen MR) is 45.4 cm³/mol. The van der Waals surface area contributed by atoms with Crippen LogP contribution in [0.15, 0.2) is 30.6 Å². The van der Waals surface area contributed by atoms with Gasteiger partial charge < -0.3 is 5.41 Å². The van der Waals surface area contributed by atoms with Gasteiger partial charge in [-0.1, -0.05) is 6.07 Å². The van der Waals surface area contributed by atoms with Gasteiger partial charge in [-0.2, -0.15) is 10.4 Å². The molecule has 1 rings (SSSR count). The molecule has 0 amide bonds. The molecule has 0 saturated carbocycles. The van der Waals surface area contributed by atoms with Crippen LogP contribution < -0.4 is 4.57 Å². The Morgan fingerprint density at radius 3 is 2.33 bits per heavy atom. The predicted octanol–water partition coefficient (Wildman–Crippen LogP) is 0.643. The lowest BCUT2D eigenvalue weighted by atomic mass is 10.3. The molecule has 1 aromatic rings. The number of Topliss-reactive ketones (excluding diaryl/α,β-unsaturated/α-hetero) is 1. The number of carbonyl (C=O) groups is 1. The molecule has 0 fully saturated rings. The number of ketones is 1. The van der Waals surface area contributed by atoms with Crippen molar-refractivity contribution in [2.75, 3.05) is 0 Å². The van der Waals surface area contributed by atoms with Gasteiger partial charge in [0.25, 0.3) is 5.70 Å². The first-order valence-electron chi connectivity index (χ1n) is 3.50. The van der Waals surface area contributed by atoms with Gasteiger partial charge >= 0.3 is 0 Å². The van der Waals surface area contributed by atoms with Crippen molar-refractivity contribution in [3.63, 3.8) is 0 Å². The summed E-state index contributed by atoms with van der Waals surface area (Å²) in [6.45, 7) is 1.37. The summed E-state index contributed by atoms with van der Waals surface area (Å²) in [5.41, 5.74) is 0.135. The van der Waals surface area contributed by atoms with Crippen LogP contribution in [0.1, 0.15) is 6.92 Å². The van der Waals surface area contributed by atoms with Gasteiger partial charge in [-0.05, 0) is 0 Å². The average Bonchev–Trinajstić information content (AvgIpc) is 2.07. The maximum atomic E-state index is 10.9. The van der Waals surface area contributed by atoms with Gasteiger partial charge in [-0.3, -0.25) is 4.79 Å². The second kappa shape index (κ2) is 3.60. The molecule has 60 valence electrons. The van der Waals surface area contributed by atoms with E-state index in [0.717, 1.165) is 0 Å². The number of hydrogen-bond donors (Lipinski definition) is 0. The quantitative estimate of drug-likeness (QED) is 0.355. The molecule has 1 heterocycles. The van der Waals surface area contributed by atoms with E-state index in [1.54, 1.807) is 24.5 Å². The zero-order valence-corrected chi connectivity index (χ0v) is 6.69. The molecular formula is C9H8N2O. The second-order valence-electron chi connectivity index (χ2n) is 2.30. The van der Waals surface area contributed by atoms with E-state index in [0.29, 0.717) is 0 Å². The normalized spacial score (nSPS) is 8.75. The summed E-state index contributed by atoms with van der Waals surface area (Å²) >= 11 is 0. The molecule has 3 heteroatoms. The lowest BCUT2D eigenvalue weighted by Gasteiger charge is -1.93. The van der Waals surface area contributed by atoms with Crippen molar-refractivity contribution in [2.24, 2.45) is 0 Å². The Kier molecular flexibility index (Phi) is 2.51. The van der Waals surface area contributed by atoms with Crippen molar-refractivity contribution < 1.29 is 9.36 Å². The zero-order chi connectivity index (χ0) is 8.97. The number of hydrogen-bond acceptors (Lipinski definition) is 1. The fourth-order valence-corrected chi connectivity index (χ4v) is 0.866. The Morgan fingerprint density at radius 1 is 1.33 bits per heavy atom. The molecule has 0 radical (unpaired) electrons. The Labute approximate surface area is 70.5 Å². The highest BCUT2D eigenvalue weighted by Crippen LogP contribution is 1.89. The Bertz CT molecular complexity index is 337. The van der Waals surface area contributed by atoms with Crippen LogP contribution in [0.4, 0.5) is 0 Å². The third-order valence-electron chi connectivity index (χ3n) is 1.41. The molecule has 0 bridgehead atoms. The lowest BCUT2D eigenvalue weighted by Crippen LogP contribution is -2.34. The van der Waals surface area contributed by atoms with Gasteiger partial charge in [0.15, 0.2) is 12.4 Å². The summed E-state index contributed by atoms with van der Waals surface area (Å²) in [6.07, 6.45) is 3.33. The van der Waals surface area contributed by atoms with Crippen LogP contribution in [0.3, 0.4) is 0 Å². The maximum absolute atomic E-state index is 10.9. The van der Waals surface area contributed by atoms with Crippen LogP contribution in [0.2, 0.25) is 0 Å². The molecule has 0 saturated heterocycles. The van der Waals surface area contributed by atoms with Crippen molar-refractivity contribution in [1.29, 1.82) is 0 Å². The van der Waals surface area contributed by atoms with Crippen LogP contribution >= 0.6 is 0 Å². The lowest BCUT2D eigenvalue weighted by molar-refractivity contribution is -0.575. The van der Waals surface area contributed by atoms with Crippen LogP contribution in [0.25, 0.3) is 11.1 Å². The van der Waals surface area contributed by atoms with Crippen molar-refractivity contribution in [1.82, 2.24) is 0 Å². The number of pyridine rings is 1. The topological polar surface area (TPSA) is 43.3 Å². The summed E-state index contributed by atoms with van der Waals surface area (Å²) in [5, 5.41) is 8.62. The fraction of sp³-hybridized carbons (Fsp3) is 0.111. The highest BCUT2D eigenvalue weighted by atomic mass is 16.1. The molecule has 0 N–H and O–H groups in total. The first kappa shape index (κ1) is 8.37. The molecule has 0 aliphatic heterocycles. The van der Waals surface area contributed by atoms with Gasteiger partial charge in [-0.25, -0.2) is 0 Å². The number of carbonyl (C=O) groups excluding carboxylic acids is 1. The zero-order valence-electron chi connectivity index (χ0n) is 6.69. The maximum Gasteiger partial charge on any atom is 0.274 e. The summed E-state index contributed by atoms with van der Waals surface area (Å²) in [5.74, 6) is 1.62. The van der Waals surface area contributed by atoms with Gasteiger partial charge in [-0.15, -0.1) is 0 Å². The van der Waals surface area contributed by atoms with Gasteiger partial charge in [0.05, 0.1) is 0 Å². The molecule has 0 spiro atoms. The minimum absolute atomic E-state index is 0.135. The van der Waals surface area contributed by atoms with E-state index in [9.17, 15) is 4.79 Å². The molecular weight excluding hydrogens is 152 g/mol. The smallest absolute Gasteiger partial charge is 0.274 e. The van der Waals surface area contributed by atoms with E-state index in [4.69, 9.17) is 5.41 Å². The average molecular weight is 160 g/mol. The van der Waals surface area contributed by atoms with E-state index in [-0.39, 0.29) is 11.5 Å². The Hall–Kier alpha value is -1.73.